The number of carbonyl (C=O) groups is 1. The van der Waals surface area contributed by atoms with Gasteiger partial charge >= 0.3 is 0 Å². The molecule has 4 rings (SSSR count). The molecule has 1 N–H and O–H groups in total. The Morgan fingerprint density at radius 1 is 1.00 bits per heavy atom. The Morgan fingerprint density at radius 3 is 2.36 bits per heavy atom. The molecule has 1 amide bonds. The molecule has 0 spiro atoms. The fourth-order valence-electron chi connectivity index (χ4n) is 3.37. The molecular weight excluding hydrogens is 527 g/mol. The maximum atomic E-state index is 13.1. The third-order valence-electron chi connectivity index (χ3n) is 5.09. The van der Waals surface area contributed by atoms with Gasteiger partial charge in [-0.15, -0.1) is 11.3 Å². The number of piperazine rings is 1. The number of nitrogens with one attached hydrogen (secondary N) is 1. The molecular formula is C21H19Cl3N4O3S2. The molecule has 0 saturated carbocycles. The normalized spacial score (nSPS) is 14.9. The van der Waals surface area contributed by atoms with Crippen molar-refractivity contribution in [3.05, 3.63) is 74.2 Å². The molecule has 1 aromatic carbocycles. The molecule has 0 unspecified atom stereocenters. The number of hydrogen-bond donors (Lipinski definition) is 1. The van der Waals surface area contributed by atoms with E-state index in [4.69, 9.17) is 34.8 Å². The molecule has 2 aromatic heterocycles. The van der Waals surface area contributed by atoms with E-state index in [0.717, 1.165) is 16.2 Å². The lowest BCUT2D eigenvalue weighted by atomic mass is 10.2. The average molecular weight is 546 g/mol. The quantitative estimate of drug-likeness (QED) is 0.492. The molecule has 12 heteroatoms. The van der Waals surface area contributed by atoms with E-state index in [0.29, 0.717) is 52.6 Å². The first-order valence-corrected chi connectivity index (χ1v) is 13.3. The Kier molecular flexibility index (Phi) is 7.47. The molecule has 3 aromatic rings. The van der Waals surface area contributed by atoms with Crippen molar-refractivity contribution in [2.45, 2.75) is 10.8 Å². The highest BCUT2D eigenvalue weighted by molar-refractivity contribution is 7.91. The van der Waals surface area contributed by atoms with Crippen LogP contribution in [0.3, 0.4) is 0 Å². The Morgan fingerprint density at radius 2 is 1.70 bits per heavy atom. The lowest BCUT2D eigenvalue weighted by molar-refractivity contribution is 0.0951. The monoisotopic (exact) mass is 544 g/mol. The number of nitrogens with zero attached hydrogens (tertiary/aromatic N) is 3. The largest absolute Gasteiger partial charge is 0.353 e. The van der Waals surface area contributed by atoms with Gasteiger partial charge in [-0.3, -0.25) is 4.79 Å². The fraction of sp³-hybridized carbons (Fsp3) is 0.238. The van der Waals surface area contributed by atoms with Crippen LogP contribution in [0.1, 0.15) is 15.2 Å². The molecule has 1 saturated heterocycles. The second-order valence-electron chi connectivity index (χ2n) is 7.26. The number of halogens is 3. The number of aromatic nitrogens is 1. The molecule has 1 fully saturated rings. The predicted molar refractivity (Wildman–Crippen MR) is 132 cm³/mol. The summed E-state index contributed by atoms with van der Waals surface area (Å²) in [6.45, 7) is 1.77. The van der Waals surface area contributed by atoms with Crippen molar-refractivity contribution in [2.75, 3.05) is 31.1 Å². The zero-order valence-electron chi connectivity index (χ0n) is 17.2. The van der Waals surface area contributed by atoms with Crippen LogP contribution in [0.15, 0.2) is 52.9 Å². The minimum Gasteiger partial charge on any atom is -0.353 e. The van der Waals surface area contributed by atoms with Gasteiger partial charge in [-0.1, -0.05) is 34.8 Å². The molecule has 7 nitrogen and oxygen atoms in total. The van der Waals surface area contributed by atoms with Crippen LogP contribution in [-0.4, -0.2) is 49.8 Å². The van der Waals surface area contributed by atoms with Crippen molar-refractivity contribution < 1.29 is 13.2 Å². The van der Waals surface area contributed by atoms with Crippen LogP contribution in [0.25, 0.3) is 0 Å². The first-order valence-electron chi connectivity index (χ1n) is 9.92. The van der Waals surface area contributed by atoms with E-state index in [-0.39, 0.29) is 16.7 Å². The third-order valence-corrected chi connectivity index (χ3v) is 9.28. The number of amides is 1. The summed E-state index contributed by atoms with van der Waals surface area (Å²) in [5.74, 6) is 0.336. The minimum absolute atomic E-state index is 0.232. The van der Waals surface area contributed by atoms with Gasteiger partial charge < -0.3 is 10.2 Å². The van der Waals surface area contributed by atoms with Gasteiger partial charge in [0.25, 0.3) is 15.9 Å². The molecule has 3 heterocycles. The number of anilines is 1. The highest BCUT2D eigenvalue weighted by Crippen LogP contribution is 2.29. The lowest BCUT2D eigenvalue weighted by Crippen LogP contribution is -2.48. The number of thiophene rings is 1. The number of hydrogen-bond acceptors (Lipinski definition) is 6. The van der Waals surface area contributed by atoms with Gasteiger partial charge in [-0.05, 0) is 42.5 Å². The zero-order valence-corrected chi connectivity index (χ0v) is 21.1. The van der Waals surface area contributed by atoms with Gasteiger partial charge in [0.1, 0.15) is 10.0 Å². The molecule has 1 aliphatic rings. The Hall–Kier alpha value is -1.88. The summed E-state index contributed by atoms with van der Waals surface area (Å²) in [7, 11) is -3.64. The second-order valence-corrected chi connectivity index (χ2v) is 11.9. The average Bonchev–Trinajstić information content (AvgIpc) is 3.28. The third kappa shape index (κ3) is 5.62. The summed E-state index contributed by atoms with van der Waals surface area (Å²) in [5.41, 5.74) is 0.483. The van der Waals surface area contributed by atoms with Crippen molar-refractivity contribution in [3.63, 3.8) is 0 Å². The van der Waals surface area contributed by atoms with Crippen molar-refractivity contribution in [2.24, 2.45) is 0 Å². The number of benzene rings is 1. The smallest absolute Gasteiger partial charge is 0.252 e. The molecule has 0 aliphatic carbocycles. The van der Waals surface area contributed by atoms with Crippen molar-refractivity contribution in [1.29, 1.82) is 0 Å². The highest BCUT2D eigenvalue weighted by atomic mass is 35.5. The van der Waals surface area contributed by atoms with E-state index in [1.807, 2.05) is 4.90 Å². The molecule has 0 radical (unpaired) electrons. The Labute approximate surface area is 210 Å². The van der Waals surface area contributed by atoms with Crippen LogP contribution in [0.4, 0.5) is 5.82 Å². The molecule has 174 valence electrons. The van der Waals surface area contributed by atoms with Crippen LogP contribution in [0.5, 0.6) is 0 Å². The van der Waals surface area contributed by atoms with E-state index < -0.39 is 10.0 Å². The van der Waals surface area contributed by atoms with Gasteiger partial charge in [0.05, 0.1) is 16.6 Å². The van der Waals surface area contributed by atoms with E-state index in [1.54, 1.807) is 42.5 Å². The standard InChI is InChI=1S/C21H19Cl3N4O3S2/c22-15-3-1-14(2-4-15)21(29)26-13-17-5-6-19(32-17)33(30,31)28-9-7-27(8-10-28)20-18(24)11-16(23)12-25-20/h1-6,11-12H,7-10,13H2,(H,26,29). The predicted octanol–water partition coefficient (Wildman–Crippen LogP) is 4.54. The van der Waals surface area contributed by atoms with Crippen molar-refractivity contribution in [3.8, 4) is 0 Å². The molecule has 0 bridgehead atoms. The summed E-state index contributed by atoms with van der Waals surface area (Å²) in [5, 5.41) is 4.23. The number of rotatable bonds is 6. The van der Waals surface area contributed by atoms with Crippen LogP contribution >= 0.6 is 46.1 Å². The SMILES string of the molecule is O=C(NCc1ccc(S(=O)(=O)N2CCN(c3ncc(Cl)cc3Cl)CC2)s1)c1ccc(Cl)cc1. The van der Waals surface area contributed by atoms with Gasteiger partial charge in [0.15, 0.2) is 0 Å². The zero-order chi connectivity index (χ0) is 23.6. The Balaban J connectivity index is 1.36. The highest BCUT2D eigenvalue weighted by Gasteiger charge is 2.30. The van der Waals surface area contributed by atoms with Crippen molar-refractivity contribution in [1.82, 2.24) is 14.6 Å². The number of pyridine rings is 1. The van der Waals surface area contributed by atoms with Gasteiger partial charge in [-0.2, -0.15) is 4.31 Å². The van der Waals surface area contributed by atoms with E-state index in [9.17, 15) is 13.2 Å². The van der Waals surface area contributed by atoms with Crippen LogP contribution < -0.4 is 10.2 Å². The van der Waals surface area contributed by atoms with Gasteiger partial charge in [0, 0.05) is 47.8 Å². The van der Waals surface area contributed by atoms with Crippen LogP contribution in [0.2, 0.25) is 15.1 Å². The van der Waals surface area contributed by atoms with Gasteiger partial charge in [-0.25, -0.2) is 13.4 Å². The molecule has 1 aliphatic heterocycles. The van der Waals surface area contributed by atoms with E-state index in [2.05, 4.69) is 10.3 Å². The fourth-order valence-corrected chi connectivity index (χ4v) is 6.87. The second kappa shape index (κ2) is 10.2. The summed E-state index contributed by atoms with van der Waals surface area (Å²) < 4.78 is 27.9. The summed E-state index contributed by atoms with van der Waals surface area (Å²) in [6.07, 6.45) is 1.52. The lowest BCUT2D eigenvalue weighted by Gasteiger charge is -2.34. The number of carbonyl (C=O) groups excluding carboxylic acids is 1. The summed E-state index contributed by atoms with van der Waals surface area (Å²) in [4.78, 5) is 19.2. The molecule has 33 heavy (non-hydrogen) atoms. The van der Waals surface area contributed by atoms with Crippen LogP contribution in [0, 0.1) is 0 Å². The molecule has 0 atom stereocenters. The first kappa shape index (κ1) is 24.3. The number of sulfonamides is 1. The Bertz CT molecular complexity index is 1260. The van der Waals surface area contributed by atoms with Crippen molar-refractivity contribution >= 4 is 67.9 Å². The topological polar surface area (TPSA) is 82.6 Å². The maximum Gasteiger partial charge on any atom is 0.252 e. The maximum absolute atomic E-state index is 13.1. The van der Waals surface area contributed by atoms with E-state index >= 15 is 0 Å². The van der Waals surface area contributed by atoms with Gasteiger partial charge in [0.2, 0.25) is 0 Å². The van der Waals surface area contributed by atoms with E-state index in [1.165, 1.54) is 10.5 Å². The first-order chi connectivity index (χ1) is 15.7. The minimum atomic E-state index is -3.64. The summed E-state index contributed by atoms with van der Waals surface area (Å²) >= 11 is 19.1. The van der Waals surface area contributed by atoms with Crippen LogP contribution in [-0.2, 0) is 16.6 Å². The summed E-state index contributed by atoms with van der Waals surface area (Å²) in [6, 6.07) is 11.5.